The minimum absolute atomic E-state index is 0.00809. The number of cyclic esters (lactones) is 2. The predicted octanol–water partition coefficient (Wildman–Crippen LogP) is 0.184. The molecule has 2 heterocycles. The van der Waals surface area contributed by atoms with E-state index in [9.17, 15) is 18.9 Å². The van der Waals surface area contributed by atoms with Crippen LogP contribution in [-0.2, 0) is 23.7 Å². The summed E-state index contributed by atoms with van der Waals surface area (Å²) in [5.74, 6) is -0.779. The zero-order chi connectivity index (χ0) is 18.1. The number of nitrogens with two attached hydrogens (primary N) is 1. The standard InChI is InChI=1S/C11H20N5O7P/c1-11(2,3)8(17)23-16(15-5-7-22-10(15)19)24(12,20)13-14-4-6-21-9(14)18/h4-7H2,1-3H3,(H3,12,13,20). The number of hydrogen-bond donors (Lipinski definition) is 2. The van der Waals surface area contributed by atoms with E-state index in [2.05, 4.69) is 9.93 Å². The summed E-state index contributed by atoms with van der Waals surface area (Å²) in [5, 5.41) is 3.92. The van der Waals surface area contributed by atoms with Crippen molar-refractivity contribution in [2.45, 2.75) is 20.8 Å². The Kier molecular flexibility index (Phi) is 5.04. The number of hydrogen-bond acceptors (Lipinski definition) is 7. The molecule has 2 aliphatic rings. The number of hydrazine groups is 2. The van der Waals surface area contributed by atoms with Crippen molar-refractivity contribution >= 4 is 25.7 Å². The Morgan fingerprint density at radius 2 is 1.83 bits per heavy atom. The lowest BCUT2D eigenvalue weighted by Crippen LogP contribution is -2.51. The monoisotopic (exact) mass is 365 g/mol. The molecule has 2 saturated heterocycles. The van der Waals surface area contributed by atoms with Gasteiger partial charge in [0, 0.05) is 4.94 Å². The van der Waals surface area contributed by atoms with Gasteiger partial charge in [0.2, 0.25) is 0 Å². The third-order valence-electron chi connectivity index (χ3n) is 3.00. The van der Waals surface area contributed by atoms with E-state index in [0.29, 0.717) is 4.94 Å². The Labute approximate surface area is 138 Å². The maximum Gasteiger partial charge on any atom is 0.427 e. The highest BCUT2D eigenvalue weighted by Crippen LogP contribution is 2.41. The van der Waals surface area contributed by atoms with Crippen LogP contribution in [0.1, 0.15) is 20.8 Å². The summed E-state index contributed by atoms with van der Waals surface area (Å²) >= 11 is 0. The first-order valence-electron chi connectivity index (χ1n) is 7.10. The van der Waals surface area contributed by atoms with Crippen LogP contribution in [0.2, 0.25) is 0 Å². The second kappa shape index (κ2) is 6.55. The Balaban J connectivity index is 2.23. The first-order chi connectivity index (χ1) is 11.0. The SMILES string of the molecule is CC(C)(C)C(=O)ON(N1CCOC1=O)P(N)(=O)NN1CCOC1=O. The van der Waals surface area contributed by atoms with Gasteiger partial charge in [-0.3, -0.25) is 10.1 Å². The molecule has 0 aromatic rings. The lowest BCUT2D eigenvalue weighted by atomic mass is 9.98. The Morgan fingerprint density at radius 1 is 1.25 bits per heavy atom. The van der Waals surface area contributed by atoms with Crippen LogP contribution < -0.4 is 10.7 Å². The molecule has 2 rings (SSSR count). The van der Waals surface area contributed by atoms with Crippen LogP contribution in [0.3, 0.4) is 0 Å². The fourth-order valence-corrected chi connectivity index (χ4v) is 3.00. The van der Waals surface area contributed by atoms with Crippen LogP contribution >= 0.6 is 7.59 Å². The lowest BCUT2D eigenvalue weighted by Gasteiger charge is -2.34. The average molecular weight is 365 g/mol. The van der Waals surface area contributed by atoms with Crippen molar-refractivity contribution in [1.29, 1.82) is 0 Å². The van der Waals surface area contributed by atoms with Crippen molar-refractivity contribution in [3.05, 3.63) is 0 Å². The summed E-state index contributed by atoms with van der Waals surface area (Å²) in [4.78, 5) is 40.9. The molecule has 0 aliphatic carbocycles. The summed E-state index contributed by atoms with van der Waals surface area (Å²) in [6.45, 7) is 4.87. The fourth-order valence-electron chi connectivity index (χ4n) is 1.72. The molecular weight excluding hydrogens is 345 g/mol. The van der Waals surface area contributed by atoms with Crippen molar-refractivity contribution in [2.75, 3.05) is 26.3 Å². The number of ether oxygens (including phenoxy) is 2. The Bertz CT molecular complexity index is 592. The van der Waals surface area contributed by atoms with Gasteiger partial charge in [-0.05, 0) is 20.8 Å². The third kappa shape index (κ3) is 3.96. The molecule has 0 saturated carbocycles. The van der Waals surface area contributed by atoms with Gasteiger partial charge in [-0.25, -0.2) is 19.4 Å². The van der Waals surface area contributed by atoms with E-state index in [-0.39, 0.29) is 26.3 Å². The van der Waals surface area contributed by atoms with Gasteiger partial charge in [-0.15, -0.1) is 5.20 Å². The lowest BCUT2D eigenvalue weighted by molar-refractivity contribution is -0.213. The van der Waals surface area contributed by atoms with E-state index < -0.39 is 31.2 Å². The molecule has 0 aromatic carbocycles. The van der Waals surface area contributed by atoms with Gasteiger partial charge in [-0.2, -0.15) is 5.01 Å². The average Bonchev–Trinajstić information content (AvgIpc) is 3.03. The summed E-state index contributed by atoms with van der Waals surface area (Å²) in [6, 6.07) is 0. The molecule has 1 atom stereocenters. The minimum atomic E-state index is -4.21. The molecule has 0 radical (unpaired) electrons. The van der Waals surface area contributed by atoms with Crippen LogP contribution in [0.4, 0.5) is 9.59 Å². The van der Waals surface area contributed by atoms with Crippen LogP contribution in [0.5, 0.6) is 0 Å². The van der Waals surface area contributed by atoms with Gasteiger partial charge in [0.15, 0.2) is 0 Å². The van der Waals surface area contributed by atoms with Gasteiger partial charge in [0.1, 0.15) is 13.2 Å². The van der Waals surface area contributed by atoms with E-state index in [1.54, 1.807) is 20.8 Å². The van der Waals surface area contributed by atoms with E-state index in [1.165, 1.54) is 0 Å². The number of rotatable bonds is 5. The van der Waals surface area contributed by atoms with Crippen molar-refractivity contribution in [3.63, 3.8) is 0 Å². The van der Waals surface area contributed by atoms with Crippen LogP contribution in [0.25, 0.3) is 0 Å². The Morgan fingerprint density at radius 3 is 2.29 bits per heavy atom. The van der Waals surface area contributed by atoms with Crippen LogP contribution in [0, 0.1) is 5.41 Å². The molecule has 24 heavy (non-hydrogen) atoms. The minimum Gasteiger partial charge on any atom is -0.447 e. The fraction of sp³-hybridized carbons (Fsp3) is 0.727. The predicted molar refractivity (Wildman–Crippen MR) is 78.4 cm³/mol. The molecule has 1 unspecified atom stereocenters. The molecule has 2 amide bonds. The largest absolute Gasteiger partial charge is 0.447 e. The number of nitrogens with zero attached hydrogens (tertiary/aromatic N) is 3. The van der Waals surface area contributed by atoms with Gasteiger partial charge in [0.25, 0.3) is 0 Å². The zero-order valence-electron chi connectivity index (χ0n) is 13.6. The molecular formula is C11H20N5O7P. The number of carbonyl (C=O) groups excluding carboxylic acids is 3. The second-order valence-electron chi connectivity index (χ2n) is 6.11. The zero-order valence-corrected chi connectivity index (χ0v) is 14.4. The van der Waals surface area contributed by atoms with E-state index >= 15 is 0 Å². The smallest absolute Gasteiger partial charge is 0.427 e. The first kappa shape index (κ1) is 18.5. The molecule has 0 aromatic heterocycles. The van der Waals surface area contributed by atoms with Crippen molar-refractivity contribution in [2.24, 2.45) is 10.9 Å². The maximum atomic E-state index is 12.8. The molecule has 0 spiro atoms. The van der Waals surface area contributed by atoms with Crippen LogP contribution in [-0.4, -0.2) is 59.4 Å². The Hall–Kier alpha value is -1.88. The van der Waals surface area contributed by atoms with Crippen molar-refractivity contribution < 1.29 is 33.3 Å². The molecule has 3 N–H and O–H groups in total. The maximum absolute atomic E-state index is 12.8. The summed E-state index contributed by atoms with van der Waals surface area (Å²) in [6.07, 6.45) is -1.67. The molecule has 13 heteroatoms. The van der Waals surface area contributed by atoms with Crippen molar-refractivity contribution in [1.82, 2.24) is 20.2 Å². The van der Waals surface area contributed by atoms with E-state index in [4.69, 9.17) is 15.1 Å². The molecule has 2 fully saturated rings. The highest BCUT2D eigenvalue weighted by atomic mass is 31.2. The molecule has 136 valence electrons. The summed E-state index contributed by atoms with van der Waals surface area (Å²) in [5.41, 5.74) is 4.78. The van der Waals surface area contributed by atoms with Crippen molar-refractivity contribution in [3.8, 4) is 0 Å². The first-order valence-corrected chi connectivity index (χ1v) is 8.83. The van der Waals surface area contributed by atoms with Gasteiger partial charge in [0.05, 0.1) is 18.5 Å². The normalized spacial score (nSPS) is 20.9. The number of amides is 2. The number of nitrogens with one attached hydrogen (secondary N) is 1. The molecule has 12 nitrogen and oxygen atoms in total. The topological polar surface area (TPSA) is 144 Å². The highest BCUT2D eigenvalue weighted by molar-refractivity contribution is 7.56. The molecule has 0 bridgehead atoms. The quantitative estimate of drug-likeness (QED) is 0.511. The van der Waals surface area contributed by atoms with Crippen LogP contribution in [0.15, 0.2) is 0 Å². The van der Waals surface area contributed by atoms with Gasteiger partial charge in [-0.1, -0.05) is 0 Å². The highest BCUT2D eigenvalue weighted by Gasteiger charge is 2.45. The number of carbonyl (C=O) groups is 3. The summed E-state index contributed by atoms with van der Waals surface area (Å²) in [7, 11) is -4.21. The summed E-state index contributed by atoms with van der Waals surface area (Å²) < 4.78 is 22.3. The van der Waals surface area contributed by atoms with Gasteiger partial charge < -0.3 is 14.3 Å². The van der Waals surface area contributed by atoms with Gasteiger partial charge >= 0.3 is 25.7 Å². The van der Waals surface area contributed by atoms with E-state index in [0.717, 1.165) is 10.0 Å². The second-order valence-corrected chi connectivity index (χ2v) is 7.90. The van der Waals surface area contributed by atoms with E-state index in [1.807, 2.05) is 0 Å². The molecule has 2 aliphatic heterocycles. The third-order valence-corrected chi connectivity index (χ3v) is 4.34.